The zero-order valence-corrected chi connectivity index (χ0v) is 26.2. The molecule has 0 radical (unpaired) electrons. The Labute approximate surface area is 253 Å². The summed E-state index contributed by atoms with van der Waals surface area (Å²) in [5.74, 6) is -0.323. The molecule has 1 aromatic rings. The quantitative estimate of drug-likeness (QED) is 0.320. The van der Waals surface area contributed by atoms with Crippen LogP contribution < -0.4 is 79.1 Å². The van der Waals surface area contributed by atoms with Crippen LogP contribution in [0.15, 0.2) is 34.3 Å². The Morgan fingerprint density at radius 1 is 1.16 bits per heavy atom. The van der Waals surface area contributed by atoms with Crippen molar-refractivity contribution in [3.63, 3.8) is 0 Å². The van der Waals surface area contributed by atoms with Crippen molar-refractivity contribution in [3.05, 3.63) is 47.3 Å². The second-order valence-corrected chi connectivity index (χ2v) is 7.96. The first-order valence-electron chi connectivity index (χ1n) is 9.79. The fourth-order valence-electron chi connectivity index (χ4n) is 3.45. The number of benzene rings is 1. The number of aliphatic hydroxyl groups excluding tert-OH is 1. The van der Waals surface area contributed by atoms with Crippen LogP contribution in [0.5, 0.6) is 0 Å². The van der Waals surface area contributed by atoms with Gasteiger partial charge in [0.1, 0.15) is 5.03 Å². The third-order valence-corrected chi connectivity index (χ3v) is 6.02. The number of carbonyl (C=O) groups excluding carboxylic acids is 2. The van der Waals surface area contributed by atoms with Crippen molar-refractivity contribution >= 4 is 40.7 Å². The molecule has 0 saturated carbocycles. The summed E-state index contributed by atoms with van der Waals surface area (Å²) in [6, 6.07) is 7.81. The van der Waals surface area contributed by atoms with E-state index in [4.69, 9.17) is 23.2 Å². The first kappa shape index (κ1) is 29.3. The number of halogens is 2. The van der Waals surface area contributed by atoms with Crippen molar-refractivity contribution in [1.29, 1.82) is 0 Å². The molecule has 1 fully saturated rings. The summed E-state index contributed by atoms with van der Waals surface area (Å²) in [6.45, 7) is 6.50. The first-order valence-corrected chi connectivity index (χ1v) is 10.5. The Bertz CT molecular complexity index is 783. The number of amides is 2. The van der Waals surface area contributed by atoms with E-state index in [0.717, 1.165) is 37.3 Å². The van der Waals surface area contributed by atoms with Crippen LogP contribution in [0.2, 0.25) is 0 Å². The number of nitrogens with zero attached hydrogens (tertiary/aromatic N) is 3. The van der Waals surface area contributed by atoms with E-state index in [1.54, 1.807) is 0 Å². The summed E-state index contributed by atoms with van der Waals surface area (Å²) >= 11 is 11.7. The second-order valence-electron chi connectivity index (χ2n) is 7.18. The summed E-state index contributed by atoms with van der Waals surface area (Å²) in [5.41, 5.74) is 1.93. The Morgan fingerprint density at radius 3 is 2.29 bits per heavy atom. The van der Waals surface area contributed by atoms with Gasteiger partial charge in [0.2, 0.25) is 5.91 Å². The van der Waals surface area contributed by atoms with Crippen molar-refractivity contribution in [2.45, 2.75) is 26.1 Å². The van der Waals surface area contributed by atoms with Gasteiger partial charge in [-0.15, -0.1) is 0 Å². The van der Waals surface area contributed by atoms with Crippen LogP contribution in [-0.2, 0) is 16.1 Å². The number of aliphatic hydroxyl groups is 1. The molecule has 3 rings (SSSR count). The van der Waals surface area contributed by atoms with Crippen molar-refractivity contribution in [2.24, 2.45) is 0 Å². The van der Waals surface area contributed by atoms with E-state index in [1.807, 2.05) is 29.2 Å². The molecule has 31 heavy (non-hydrogen) atoms. The summed E-state index contributed by atoms with van der Waals surface area (Å²) in [6.07, 6.45) is -0.188. The number of carbonyl (C=O) groups is 2. The van der Waals surface area contributed by atoms with Crippen LogP contribution in [-0.4, -0.2) is 72.2 Å². The van der Waals surface area contributed by atoms with Crippen molar-refractivity contribution in [2.75, 3.05) is 44.2 Å². The molecule has 1 aromatic carbocycles. The third-order valence-electron chi connectivity index (χ3n) is 5.17. The number of nitrogens with one attached hydrogen (secondary N) is 1. The van der Waals surface area contributed by atoms with E-state index in [0.29, 0.717) is 19.6 Å². The average molecular weight is 589 g/mol. The number of hydrogen-bond donors (Lipinski definition) is 2. The van der Waals surface area contributed by atoms with Gasteiger partial charge >= 0.3 is 68.9 Å². The molecule has 1 atom stereocenters. The molecule has 0 aliphatic carbocycles. The maximum atomic E-state index is 12.2. The fraction of sp³-hybridized carbons (Fsp3) is 0.476. The Hall–Kier alpha value is 0.252. The predicted octanol–water partition coefficient (Wildman–Crippen LogP) is -0.861. The molecule has 2 aliphatic rings. The molecule has 2 aliphatic heterocycles. The SMILES string of the molecule is CCCNCC(=O)N1CCN(c2ccc(CN3C(=O)C(Cl)=C(Cl)C3O)cc2)CC1.[CH3-].[Cs+]. The van der Waals surface area contributed by atoms with Crippen molar-refractivity contribution in [1.82, 2.24) is 15.1 Å². The molecule has 7 nitrogen and oxygen atoms in total. The van der Waals surface area contributed by atoms with Gasteiger partial charge in [0.15, 0.2) is 6.23 Å². The fourth-order valence-corrected chi connectivity index (χ4v) is 3.86. The smallest absolute Gasteiger partial charge is 0.368 e. The molecule has 2 heterocycles. The molecule has 1 saturated heterocycles. The number of hydrogen-bond acceptors (Lipinski definition) is 5. The van der Waals surface area contributed by atoms with E-state index in [1.165, 1.54) is 4.90 Å². The average Bonchev–Trinajstić information content (AvgIpc) is 2.92. The largest absolute Gasteiger partial charge is 1.00 e. The summed E-state index contributed by atoms with van der Waals surface area (Å²) in [7, 11) is 0. The summed E-state index contributed by atoms with van der Waals surface area (Å²) < 4.78 is 0. The molecule has 0 spiro atoms. The van der Waals surface area contributed by atoms with Gasteiger partial charge in [0.25, 0.3) is 5.91 Å². The van der Waals surface area contributed by atoms with Gasteiger partial charge in [-0.25, -0.2) is 0 Å². The van der Waals surface area contributed by atoms with Gasteiger partial charge in [-0.05, 0) is 30.7 Å². The number of piperazine rings is 1. The molecule has 1 unspecified atom stereocenters. The number of anilines is 1. The second kappa shape index (κ2) is 13.8. The van der Waals surface area contributed by atoms with Crippen LogP contribution in [0.4, 0.5) is 5.69 Å². The minimum absolute atomic E-state index is 0. The van der Waals surface area contributed by atoms with Gasteiger partial charge in [0, 0.05) is 38.4 Å². The molecule has 10 heteroatoms. The Morgan fingerprint density at radius 2 is 1.77 bits per heavy atom. The summed E-state index contributed by atoms with van der Waals surface area (Å²) in [5, 5.41) is 13.0. The molecule has 0 bridgehead atoms. The van der Waals surface area contributed by atoms with E-state index in [-0.39, 0.29) is 98.8 Å². The summed E-state index contributed by atoms with van der Waals surface area (Å²) in [4.78, 5) is 29.6. The minimum Gasteiger partial charge on any atom is -0.368 e. The standard InChI is InChI=1S/C20H26Cl2N4O3.CH3.Cs/c1-2-7-23-12-16(27)25-10-8-24(9-11-25)15-5-3-14(4-6-15)13-26-19(28)17(21)18(22)20(26)29;;/h3-6,19,23,28H,2,7-13H2,1H3;1H3;/q;-1;+1. The molecular formula is C21H29Cl2CsN4O3. The zero-order valence-electron chi connectivity index (χ0n) is 18.4. The van der Waals surface area contributed by atoms with Crippen LogP contribution in [0.3, 0.4) is 0 Å². The molecule has 2 N–H and O–H groups in total. The zero-order chi connectivity index (χ0) is 21.0. The molecule has 166 valence electrons. The van der Waals surface area contributed by atoms with E-state index >= 15 is 0 Å². The van der Waals surface area contributed by atoms with Gasteiger partial charge in [-0.3, -0.25) is 9.59 Å². The molecule has 2 amide bonds. The molecule has 0 aromatic heterocycles. The van der Waals surface area contributed by atoms with Crippen LogP contribution in [0, 0.1) is 7.43 Å². The van der Waals surface area contributed by atoms with Gasteiger partial charge < -0.3 is 32.5 Å². The Kier molecular flexibility index (Phi) is 13.1. The van der Waals surface area contributed by atoms with E-state index in [2.05, 4.69) is 17.1 Å². The predicted molar refractivity (Wildman–Crippen MR) is 120 cm³/mol. The van der Waals surface area contributed by atoms with E-state index < -0.39 is 12.1 Å². The van der Waals surface area contributed by atoms with Gasteiger partial charge in [-0.1, -0.05) is 42.3 Å². The monoisotopic (exact) mass is 588 g/mol. The maximum absolute atomic E-state index is 12.2. The molecular weight excluding hydrogens is 560 g/mol. The first-order chi connectivity index (χ1) is 13.9. The minimum atomic E-state index is -1.20. The normalized spacial score (nSPS) is 18.8. The van der Waals surface area contributed by atoms with Crippen LogP contribution >= 0.6 is 23.2 Å². The van der Waals surface area contributed by atoms with Gasteiger partial charge in [-0.2, -0.15) is 0 Å². The Balaban J connectivity index is 0.00000240. The van der Waals surface area contributed by atoms with Crippen molar-refractivity contribution < 1.29 is 83.6 Å². The van der Waals surface area contributed by atoms with Crippen molar-refractivity contribution in [3.8, 4) is 0 Å². The third kappa shape index (κ3) is 7.37. The topological polar surface area (TPSA) is 76.1 Å². The van der Waals surface area contributed by atoms with Crippen LogP contribution in [0.25, 0.3) is 0 Å². The van der Waals surface area contributed by atoms with Gasteiger partial charge in [0.05, 0.1) is 11.6 Å². The number of rotatable bonds is 7. The van der Waals surface area contributed by atoms with Crippen LogP contribution in [0.1, 0.15) is 18.9 Å². The van der Waals surface area contributed by atoms with E-state index in [9.17, 15) is 14.7 Å². The maximum Gasteiger partial charge on any atom is 1.00 e.